The Labute approximate surface area is 147 Å². The monoisotopic (exact) mass is 358 g/mol. The van der Waals surface area contributed by atoms with Crippen LogP contribution in [0.15, 0.2) is 0 Å². The van der Waals surface area contributed by atoms with Gasteiger partial charge in [-0.1, -0.05) is 48.5 Å². The number of ether oxygens (including phenoxy) is 1. The van der Waals surface area contributed by atoms with Crippen molar-refractivity contribution >= 4 is 14.3 Å². The molecule has 0 saturated carbocycles. The lowest BCUT2D eigenvalue weighted by atomic mass is 9.89. The summed E-state index contributed by atoms with van der Waals surface area (Å²) in [5, 5.41) is 10.3. The minimum absolute atomic E-state index is 0.0308. The maximum Gasteiger partial charge on any atom is 0.349 e. The molecular weight excluding hydrogens is 324 g/mol. The molecule has 0 aliphatic carbocycles. The lowest BCUT2D eigenvalue weighted by Crippen LogP contribution is -2.67. The summed E-state index contributed by atoms with van der Waals surface area (Å²) in [4.78, 5) is 11.7. The van der Waals surface area contributed by atoms with E-state index in [-0.39, 0.29) is 34.0 Å². The molecule has 0 amide bonds. The zero-order valence-corrected chi connectivity index (χ0v) is 17.4. The summed E-state index contributed by atoms with van der Waals surface area (Å²) < 4.78 is 19.1. The van der Waals surface area contributed by atoms with E-state index in [1.165, 1.54) is 6.92 Å². The highest BCUT2D eigenvalue weighted by molar-refractivity contribution is 6.73. The molecule has 2 saturated heterocycles. The molecule has 2 aliphatic rings. The average molecular weight is 359 g/mol. The molecule has 6 heteroatoms. The van der Waals surface area contributed by atoms with Crippen LogP contribution in [-0.2, 0) is 18.4 Å². The van der Waals surface area contributed by atoms with Crippen molar-refractivity contribution in [1.29, 1.82) is 0 Å². The molecule has 2 heterocycles. The maximum absolute atomic E-state index is 11.7. The quantitative estimate of drug-likeness (QED) is 0.768. The molecule has 1 N–H and O–H groups in total. The zero-order chi connectivity index (χ0) is 18.5. The Bertz CT molecular complexity index is 465. The smallest absolute Gasteiger partial charge is 0.349 e. The van der Waals surface area contributed by atoms with Crippen molar-refractivity contribution in [2.75, 3.05) is 6.61 Å². The van der Waals surface area contributed by atoms with E-state index in [0.29, 0.717) is 13.0 Å². The third kappa shape index (κ3) is 3.36. The van der Waals surface area contributed by atoms with Gasteiger partial charge in [0.1, 0.15) is 11.9 Å². The summed E-state index contributed by atoms with van der Waals surface area (Å²) in [7, 11) is -2.55. The van der Waals surface area contributed by atoms with Crippen LogP contribution >= 0.6 is 0 Å². The number of fused-ring (bicyclic) bond motifs is 1. The minimum Gasteiger partial charge on any atom is -0.391 e. The van der Waals surface area contributed by atoms with Crippen LogP contribution in [0.2, 0.25) is 10.1 Å². The Morgan fingerprint density at radius 3 is 2.12 bits per heavy atom. The average Bonchev–Trinajstić information content (AvgIpc) is 2.42. The molecule has 0 radical (unpaired) electrons. The summed E-state index contributed by atoms with van der Waals surface area (Å²) in [5.74, 6) is -0.293. The van der Waals surface area contributed by atoms with Crippen molar-refractivity contribution < 1.29 is 23.5 Å². The molecule has 0 bridgehead atoms. The van der Waals surface area contributed by atoms with Crippen LogP contribution in [-0.4, -0.2) is 50.5 Å². The number of carbonyl (C=O) groups excluding carboxylic acids is 1. The number of aliphatic hydroxyl groups is 1. The van der Waals surface area contributed by atoms with Gasteiger partial charge in [-0.25, -0.2) is 0 Å². The lowest BCUT2D eigenvalue weighted by molar-refractivity contribution is -0.210. The minimum atomic E-state index is -2.55. The summed E-state index contributed by atoms with van der Waals surface area (Å²) in [5.41, 5.74) is 0. The van der Waals surface area contributed by atoms with Crippen molar-refractivity contribution in [3.63, 3.8) is 0 Å². The number of ketones is 1. The van der Waals surface area contributed by atoms with Gasteiger partial charge in [0.15, 0.2) is 0 Å². The highest BCUT2D eigenvalue weighted by Crippen LogP contribution is 2.55. The molecule has 0 spiro atoms. The van der Waals surface area contributed by atoms with Gasteiger partial charge in [-0.15, -0.1) is 0 Å². The van der Waals surface area contributed by atoms with Gasteiger partial charge < -0.3 is 18.7 Å². The Morgan fingerprint density at radius 1 is 1.12 bits per heavy atom. The first-order chi connectivity index (χ1) is 10.8. The summed E-state index contributed by atoms with van der Waals surface area (Å²) in [6, 6.07) is 0. The number of aliphatic hydroxyl groups excluding tert-OH is 1. The number of rotatable bonds is 2. The van der Waals surface area contributed by atoms with Crippen LogP contribution in [0.4, 0.5) is 0 Å². The van der Waals surface area contributed by atoms with Crippen molar-refractivity contribution in [3.8, 4) is 0 Å². The zero-order valence-electron chi connectivity index (χ0n) is 16.4. The van der Waals surface area contributed by atoms with Gasteiger partial charge in [0.25, 0.3) is 0 Å². The summed E-state index contributed by atoms with van der Waals surface area (Å²) in [6.07, 6.45) is -1.05. The second-order valence-electron chi connectivity index (χ2n) is 9.43. The third-order valence-corrected chi connectivity index (χ3v) is 10.6. The van der Waals surface area contributed by atoms with Gasteiger partial charge in [-0.3, -0.25) is 4.79 Å². The van der Waals surface area contributed by atoms with Crippen molar-refractivity contribution in [2.45, 2.75) is 96.3 Å². The van der Waals surface area contributed by atoms with Crippen molar-refractivity contribution in [3.05, 3.63) is 0 Å². The van der Waals surface area contributed by atoms with Crippen LogP contribution < -0.4 is 0 Å². The Balaban J connectivity index is 2.23. The van der Waals surface area contributed by atoms with Gasteiger partial charge in [-0.05, 0) is 6.92 Å². The van der Waals surface area contributed by atoms with E-state index in [4.69, 9.17) is 13.6 Å². The second kappa shape index (κ2) is 6.47. The molecule has 0 aromatic heterocycles. The van der Waals surface area contributed by atoms with E-state index in [0.717, 1.165) is 0 Å². The fourth-order valence-corrected chi connectivity index (χ4v) is 9.18. The Morgan fingerprint density at radius 2 is 1.67 bits per heavy atom. The Hall–Kier alpha value is -0.273. The molecule has 140 valence electrons. The van der Waals surface area contributed by atoms with E-state index in [1.807, 2.05) is 6.92 Å². The van der Waals surface area contributed by atoms with Crippen LogP contribution in [0.3, 0.4) is 0 Å². The molecule has 2 fully saturated rings. The van der Waals surface area contributed by atoms with Crippen LogP contribution in [0.1, 0.15) is 61.8 Å². The van der Waals surface area contributed by atoms with Gasteiger partial charge in [0.2, 0.25) is 0 Å². The van der Waals surface area contributed by atoms with Gasteiger partial charge in [0.05, 0.1) is 24.9 Å². The first kappa shape index (κ1) is 20.0. The molecule has 0 aromatic carbocycles. The van der Waals surface area contributed by atoms with Gasteiger partial charge in [-0.2, -0.15) is 0 Å². The van der Waals surface area contributed by atoms with Crippen molar-refractivity contribution in [2.24, 2.45) is 5.92 Å². The first-order valence-electron chi connectivity index (χ1n) is 8.96. The van der Waals surface area contributed by atoms with E-state index >= 15 is 0 Å². The van der Waals surface area contributed by atoms with Gasteiger partial charge in [0, 0.05) is 22.4 Å². The number of hydrogen-bond acceptors (Lipinski definition) is 5. The predicted molar refractivity (Wildman–Crippen MR) is 95.1 cm³/mol. The largest absolute Gasteiger partial charge is 0.391 e. The molecular formula is C18H34O5Si. The van der Waals surface area contributed by atoms with Crippen LogP contribution in [0, 0.1) is 5.92 Å². The summed E-state index contributed by atoms with van der Waals surface area (Å²) >= 11 is 0. The lowest BCUT2D eigenvalue weighted by Gasteiger charge is -2.56. The normalized spacial score (nSPS) is 35.2. The first-order valence-corrected chi connectivity index (χ1v) is 10.8. The van der Waals surface area contributed by atoms with Crippen molar-refractivity contribution in [1.82, 2.24) is 0 Å². The van der Waals surface area contributed by atoms with Crippen LogP contribution in [0.5, 0.6) is 0 Å². The van der Waals surface area contributed by atoms with Crippen LogP contribution in [0.25, 0.3) is 0 Å². The maximum atomic E-state index is 11.7. The molecule has 24 heavy (non-hydrogen) atoms. The predicted octanol–water partition coefficient (Wildman–Crippen LogP) is 3.19. The molecule has 0 unspecified atom stereocenters. The highest BCUT2D eigenvalue weighted by atomic mass is 28.4. The number of carbonyl (C=O) groups is 1. The molecule has 5 atom stereocenters. The van der Waals surface area contributed by atoms with E-state index in [9.17, 15) is 9.90 Å². The fraction of sp³-hybridized carbons (Fsp3) is 0.944. The standard InChI is InChI=1S/C18H34O5Si/c1-11(12(2)19)16-13(20)9-14-15(22-16)10-21-24(23-14,17(3,4)5)18(6,7)8/h11,13-16,20H,9-10H2,1-8H3/t11-,13+,14-,15-,16+/m1/s1. The van der Waals surface area contributed by atoms with E-state index in [2.05, 4.69) is 41.5 Å². The topological polar surface area (TPSA) is 65.0 Å². The molecule has 5 nitrogen and oxygen atoms in total. The number of hydrogen-bond donors (Lipinski definition) is 1. The second-order valence-corrected chi connectivity index (χ2v) is 14.2. The highest BCUT2D eigenvalue weighted by Gasteiger charge is 2.63. The van der Waals surface area contributed by atoms with Gasteiger partial charge >= 0.3 is 8.56 Å². The molecule has 2 aliphatic heterocycles. The fourth-order valence-electron chi connectivity index (χ4n) is 4.22. The SMILES string of the molecule is CC(=O)[C@@H](C)[C@@H]1O[C@@H]2CO[Si](C(C)(C)C)(C(C)(C)C)O[C@@H]2C[C@@H]1O. The third-order valence-electron chi connectivity index (χ3n) is 5.48. The summed E-state index contributed by atoms with van der Waals surface area (Å²) in [6.45, 7) is 16.9. The molecule has 2 rings (SSSR count). The number of Topliss-reactive ketones (excluding diaryl/α,β-unsaturated/α-hetero) is 1. The van der Waals surface area contributed by atoms with E-state index in [1.54, 1.807) is 0 Å². The molecule has 0 aromatic rings. The van der Waals surface area contributed by atoms with E-state index < -0.39 is 20.8 Å². The Kier molecular flexibility index (Phi) is 5.40.